The van der Waals surface area contributed by atoms with Gasteiger partial charge in [-0.3, -0.25) is 4.98 Å². The molecule has 1 unspecified atom stereocenters. The molecule has 1 N–H and O–H groups in total. The van der Waals surface area contributed by atoms with E-state index in [-0.39, 0.29) is 6.79 Å². The standard InChI is InChI=1S/C20H17NO3S/c1-25-15-4-2-13(3-5-15)16-10-18-19(24-12-23-18)11-17(16)20(22)14-6-8-21-9-7-14/h2-11,20,22H,12H2,1H3. The monoisotopic (exact) mass is 351 g/mol. The minimum absolute atomic E-state index is 0.203. The number of fused-ring (bicyclic) bond motifs is 1. The fraction of sp³-hybridized carbons (Fsp3) is 0.150. The topological polar surface area (TPSA) is 51.6 Å². The van der Waals surface area contributed by atoms with Gasteiger partial charge < -0.3 is 14.6 Å². The van der Waals surface area contributed by atoms with E-state index in [0.717, 1.165) is 22.3 Å². The molecule has 5 heteroatoms. The van der Waals surface area contributed by atoms with Crippen LogP contribution in [0.25, 0.3) is 11.1 Å². The highest BCUT2D eigenvalue weighted by Gasteiger charge is 2.22. The van der Waals surface area contributed by atoms with Crippen molar-refractivity contribution >= 4 is 11.8 Å². The molecule has 3 aromatic rings. The van der Waals surface area contributed by atoms with Crippen LogP contribution >= 0.6 is 11.8 Å². The molecule has 2 heterocycles. The normalized spacial score (nSPS) is 13.7. The van der Waals surface area contributed by atoms with Crippen LogP contribution in [0.2, 0.25) is 0 Å². The van der Waals surface area contributed by atoms with E-state index in [4.69, 9.17) is 9.47 Å². The number of hydrogen-bond acceptors (Lipinski definition) is 5. The molecule has 1 aliphatic heterocycles. The molecule has 25 heavy (non-hydrogen) atoms. The second-order valence-corrected chi connectivity index (χ2v) is 6.58. The Balaban J connectivity index is 1.84. The van der Waals surface area contributed by atoms with Crippen molar-refractivity contribution < 1.29 is 14.6 Å². The molecule has 0 saturated heterocycles. The third-order valence-corrected chi connectivity index (χ3v) is 5.01. The van der Waals surface area contributed by atoms with Crippen LogP contribution < -0.4 is 9.47 Å². The van der Waals surface area contributed by atoms with Crippen LogP contribution in [0.15, 0.2) is 65.8 Å². The Labute approximate surface area is 150 Å². The van der Waals surface area contributed by atoms with Crippen molar-refractivity contribution in [3.8, 4) is 22.6 Å². The molecule has 4 rings (SSSR count). The first-order chi connectivity index (χ1) is 12.3. The van der Waals surface area contributed by atoms with Gasteiger partial charge in [0.2, 0.25) is 6.79 Å². The summed E-state index contributed by atoms with van der Waals surface area (Å²) in [5.41, 5.74) is 3.53. The van der Waals surface area contributed by atoms with E-state index >= 15 is 0 Å². The van der Waals surface area contributed by atoms with Crippen LogP contribution in [0, 0.1) is 0 Å². The number of nitrogens with zero attached hydrogens (tertiary/aromatic N) is 1. The Morgan fingerprint density at radius 1 is 1.00 bits per heavy atom. The molecule has 0 bridgehead atoms. The first-order valence-electron chi connectivity index (χ1n) is 7.92. The summed E-state index contributed by atoms with van der Waals surface area (Å²) in [5, 5.41) is 10.9. The lowest BCUT2D eigenvalue weighted by Crippen LogP contribution is -2.02. The van der Waals surface area contributed by atoms with E-state index in [1.54, 1.807) is 24.2 Å². The number of aromatic nitrogens is 1. The molecule has 126 valence electrons. The minimum Gasteiger partial charge on any atom is -0.454 e. The van der Waals surface area contributed by atoms with Crippen molar-refractivity contribution in [3.63, 3.8) is 0 Å². The number of pyridine rings is 1. The van der Waals surface area contributed by atoms with Crippen molar-refractivity contribution in [1.82, 2.24) is 4.98 Å². The van der Waals surface area contributed by atoms with Gasteiger partial charge in [-0.15, -0.1) is 11.8 Å². The highest BCUT2D eigenvalue weighted by atomic mass is 32.2. The molecule has 1 aromatic heterocycles. The summed E-state index contributed by atoms with van der Waals surface area (Å²) in [7, 11) is 0. The van der Waals surface area contributed by atoms with Gasteiger partial charge in [0, 0.05) is 17.3 Å². The van der Waals surface area contributed by atoms with Gasteiger partial charge in [0.1, 0.15) is 6.10 Å². The van der Waals surface area contributed by atoms with Gasteiger partial charge in [0.05, 0.1) is 0 Å². The molecule has 1 atom stereocenters. The van der Waals surface area contributed by atoms with E-state index in [1.807, 2.05) is 30.5 Å². The Hall–Kier alpha value is -2.50. The lowest BCUT2D eigenvalue weighted by atomic mass is 9.92. The van der Waals surface area contributed by atoms with Crippen molar-refractivity contribution in [1.29, 1.82) is 0 Å². The highest BCUT2D eigenvalue weighted by molar-refractivity contribution is 7.98. The second kappa shape index (κ2) is 6.78. The lowest BCUT2D eigenvalue weighted by Gasteiger charge is -2.17. The van der Waals surface area contributed by atoms with Crippen molar-refractivity contribution in [2.45, 2.75) is 11.0 Å². The summed E-state index contributed by atoms with van der Waals surface area (Å²) in [6.45, 7) is 0.203. The van der Waals surface area contributed by atoms with E-state index in [2.05, 4.69) is 29.2 Å². The Morgan fingerprint density at radius 2 is 1.68 bits per heavy atom. The van der Waals surface area contributed by atoms with E-state index < -0.39 is 6.10 Å². The molecule has 0 fully saturated rings. The average Bonchev–Trinajstić information content (AvgIpc) is 3.15. The summed E-state index contributed by atoms with van der Waals surface area (Å²) in [4.78, 5) is 5.22. The van der Waals surface area contributed by atoms with E-state index in [9.17, 15) is 5.11 Å². The van der Waals surface area contributed by atoms with Crippen molar-refractivity contribution in [2.24, 2.45) is 0 Å². The fourth-order valence-electron chi connectivity index (χ4n) is 2.93. The first-order valence-corrected chi connectivity index (χ1v) is 9.14. The molecule has 0 amide bonds. The van der Waals surface area contributed by atoms with Gasteiger partial charge in [0.25, 0.3) is 0 Å². The summed E-state index contributed by atoms with van der Waals surface area (Å²) in [5.74, 6) is 1.36. The van der Waals surface area contributed by atoms with Crippen LogP contribution in [-0.4, -0.2) is 23.1 Å². The Morgan fingerprint density at radius 3 is 2.36 bits per heavy atom. The number of hydrogen-bond donors (Lipinski definition) is 1. The van der Waals surface area contributed by atoms with E-state index in [0.29, 0.717) is 11.5 Å². The van der Waals surface area contributed by atoms with Gasteiger partial charge in [0.15, 0.2) is 11.5 Å². The predicted molar refractivity (Wildman–Crippen MR) is 98.1 cm³/mol. The molecule has 0 saturated carbocycles. The summed E-state index contributed by atoms with van der Waals surface area (Å²) in [6.07, 6.45) is 4.64. The summed E-state index contributed by atoms with van der Waals surface area (Å²) in [6, 6.07) is 15.7. The Kier molecular flexibility index (Phi) is 4.34. The number of aliphatic hydroxyl groups is 1. The van der Waals surface area contributed by atoms with Gasteiger partial charge in [-0.1, -0.05) is 12.1 Å². The SMILES string of the molecule is CSc1ccc(-c2cc3c(cc2C(O)c2ccncc2)OCO3)cc1. The molecular weight excluding hydrogens is 334 g/mol. The smallest absolute Gasteiger partial charge is 0.231 e. The molecule has 2 aromatic carbocycles. The number of rotatable bonds is 4. The average molecular weight is 351 g/mol. The summed E-state index contributed by atoms with van der Waals surface area (Å²) >= 11 is 1.70. The molecule has 1 aliphatic rings. The number of aliphatic hydroxyl groups excluding tert-OH is 1. The van der Waals surface area contributed by atoms with E-state index in [1.165, 1.54) is 4.90 Å². The molecule has 4 nitrogen and oxygen atoms in total. The maximum absolute atomic E-state index is 10.9. The largest absolute Gasteiger partial charge is 0.454 e. The molecule has 0 radical (unpaired) electrons. The van der Waals surface area contributed by atoms with Gasteiger partial charge >= 0.3 is 0 Å². The van der Waals surface area contributed by atoms with Crippen LogP contribution in [0.3, 0.4) is 0 Å². The van der Waals surface area contributed by atoms with Crippen LogP contribution in [0.4, 0.5) is 0 Å². The number of benzene rings is 2. The molecule has 0 aliphatic carbocycles. The first kappa shape index (κ1) is 16.0. The van der Waals surface area contributed by atoms with Crippen molar-refractivity contribution in [2.75, 3.05) is 13.0 Å². The zero-order chi connectivity index (χ0) is 17.2. The molecule has 0 spiro atoms. The third kappa shape index (κ3) is 3.08. The van der Waals surface area contributed by atoms with Crippen molar-refractivity contribution in [3.05, 3.63) is 72.1 Å². The Bertz CT molecular complexity index is 881. The quantitative estimate of drug-likeness (QED) is 0.711. The van der Waals surface area contributed by atoms with Crippen LogP contribution in [-0.2, 0) is 0 Å². The fourth-order valence-corrected chi connectivity index (χ4v) is 3.34. The molecular formula is C20H17NO3S. The lowest BCUT2D eigenvalue weighted by molar-refractivity contribution is 0.173. The maximum atomic E-state index is 10.9. The van der Waals surface area contributed by atoms with Gasteiger partial charge in [-0.2, -0.15) is 0 Å². The zero-order valence-electron chi connectivity index (χ0n) is 13.7. The summed E-state index contributed by atoms with van der Waals surface area (Å²) < 4.78 is 11.0. The predicted octanol–water partition coefficient (Wildman–Crippen LogP) is 4.28. The second-order valence-electron chi connectivity index (χ2n) is 5.70. The third-order valence-electron chi connectivity index (χ3n) is 4.26. The number of ether oxygens (including phenoxy) is 2. The maximum Gasteiger partial charge on any atom is 0.231 e. The van der Waals surface area contributed by atoms with Crippen LogP contribution in [0.5, 0.6) is 11.5 Å². The highest BCUT2D eigenvalue weighted by Crippen LogP contribution is 2.42. The zero-order valence-corrected chi connectivity index (χ0v) is 14.5. The van der Waals surface area contributed by atoms with Gasteiger partial charge in [-0.05, 0) is 64.9 Å². The minimum atomic E-state index is -0.771. The van der Waals surface area contributed by atoms with Gasteiger partial charge in [-0.25, -0.2) is 0 Å². The number of thioether (sulfide) groups is 1. The van der Waals surface area contributed by atoms with Crippen LogP contribution in [0.1, 0.15) is 17.2 Å².